The van der Waals surface area contributed by atoms with Gasteiger partial charge in [0.15, 0.2) is 0 Å². The first-order valence-corrected chi connectivity index (χ1v) is 1.80. The molecule has 7 heavy (non-hydrogen) atoms. The molecule has 0 N–H and O–H groups in total. The van der Waals surface area contributed by atoms with E-state index >= 15 is 0 Å². The molecule has 40 valence electrons. The van der Waals surface area contributed by atoms with Gasteiger partial charge in [0.25, 0.3) is 0 Å². The molecular weight excluding hydrogens is 95.1 g/mol. The summed E-state index contributed by atoms with van der Waals surface area (Å²) in [6.45, 7) is 3.24. The van der Waals surface area contributed by atoms with Gasteiger partial charge in [0.05, 0.1) is 0 Å². The number of nitrogens with zero attached hydrogens (tertiary/aromatic N) is 2. The highest BCUT2D eigenvalue weighted by atomic mass is 19.2. The Morgan fingerprint density at radius 1 is 1.86 bits per heavy atom. The molecule has 3 heteroatoms. The van der Waals surface area contributed by atoms with Crippen molar-refractivity contribution in [2.75, 3.05) is 7.05 Å². The molecule has 0 aromatic heterocycles. The number of hydrogen-bond donors (Lipinski definition) is 0. The van der Waals surface area contributed by atoms with Crippen molar-refractivity contribution in [1.29, 1.82) is 0 Å². The van der Waals surface area contributed by atoms with Crippen molar-refractivity contribution in [2.45, 2.75) is 0 Å². The van der Waals surface area contributed by atoms with E-state index in [1.165, 1.54) is 13.2 Å². The van der Waals surface area contributed by atoms with Crippen LogP contribution >= 0.6 is 0 Å². The van der Waals surface area contributed by atoms with Gasteiger partial charge in [-0.15, -0.1) is 0 Å². The molecule has 0 fully saturated rings. The molecule has 0 amide bonds. The van der Waals surface area contributed by atoms with Gasteiger partial charge in [-0.25, -0.2) is 10.1 Å². The van der Waals surface area contributed by atoms with E-state index in [9.17, 15) is 4.48 Å². The molecule has 0 aliphatic heterocycles. The van der Waals surface area contributed by atoms with Gasteiger partial charge in [-0.3, -0.25) is 0 Å². The zero-order valence-electron chi connectivity index (χ0n) is 4.13. The summed E-state index contributed by atoms with van der Waals surface area (Å²) in [6.07, 6.45) is 2.28. The van der Waals surface area contributed by atoms with Crippen LogP contribution in [0.3, 0.4) is 0 Å². The molecule has 0 aliphatic rings. The van der Waals surface area contributed by atoms with Gasteiger partial charge in [-0.1, -0.05) is 11.1 Å². The van der Waals surface area contributed by atoms with Crippen molar-refractivity contribution < 1.29 is 4.48 Å². The summed E-state index contributed by atoms with van der Waals surface area (Å²) in [7, 11) is 1.24. The first kappa shape index (κ1) is 6.14. The fourth-order valence-corrected chi connectivity index (χ4v) is 0.139. The van der Waals surface area contributed by atoms with Gasteiger partial charge in [0.1, 0.15) is 6.34 Å². The summed E-state index contributed by atoms with van der Waals surface area (Å²) in [6, 6.07) is 0. The molecule has 0 rings (SSSR count). The average molecular weight is 102 g/mol. The van der Waals surface area contributed by atoms with Crippen LogP contribution in [0.15, 0.2) is 17.8 Å². The second kappa shape index (κ2) is 3.33. The van der Waals surface area contributed by atoms with Crippen molar-refractivity contribution in [1.82, 2.24) is 5.12 Å². The van der Waals surface area contributed by atoms with Gasteiger partial charge >= 0.3 is 0 Å². The molecule has 0 saturated carbocycles. The first-order valence-electron chi connectivity index (χ1n) is 1.80. The Bertz CT molecular complexity index is 77.8. The molecular formula is C4H7FN2. The minimum Gasteiger partial charge on any atom is -0.245 e. The number of halogens is 1. The molecule has 0 aromatic carbocycles. The lowest BCUT2D eigenvalue weighted by atomic mass is 11.0. The van der Waals surface area contributed by atoms with E-state index in [0.29, 0.717) is 5.12 Å². The number of hydrogen-bond acceptors (Lipinski definition) is 1. The minimum absolute atomic E-state index is 0.349. The third-order valence-corrected chi connectivity index (χ3v) is 0.331. The summed E-state index contributed by atoms with van der Waals surface area (Å²) in [5, 5.41) is 0.349. The molecule has 0 aromatic rings. The third kappa shape index (κ3) is 5.14. The predicted molar refractivity (Wildman–Crippen MR) is 27.6 cm³/mol. The lowest BCUT2D eigenvalue weighted by Crippen LogP contribution is -2.00. The topological polar surface area (TPSA) is 15.6 Å². The number of aliphatic imine (C=N–C) groups is 1. The zero-order chi connectivity index (χ0) is 5.70. The summed E-state index contributed by atoms with van der Waals surface area (Å²) in [4.78, 5) is 3.36. The molecule has 0 unspecified atom stereocenters. The molecule has 0 bridgehead atoms. The van der Waals surface area contributed by atoms with Crippen molar-refractivity contribution in [2.24, 2.45) is 4.99 Å². The molecule has 0 atom stereocenters. The van der Waals surface area contributed by atoms with Gasteiger partial charge in [-0.2, -0.15) is 0 Å². The maximum Gasteiger partial charge on any atom is 0.120 e. The molecule has 0 heterocycles. The third-order valence-electron chi connectivity index (χ3n) is 0.331. The van der Waals surface area contributed by atoms with E-state index in [4.69, 9.17) is 0 Å². The molecule has 2 nitrogen and oxygen atoms in total. The monoisotopic (exact) mass is 102 g/mol. The van der Waals surface area contributed by atoms with Crippen LogP contribution in [0, 0.1) is 0 Å². The van der Waals surface area contributed by atoms with Crippen LogP contribution in [0.2, 0.25) is 0 Å². The summed E-state index contributed by atoms with van der Waals surface area (Å²) in [5.41, 5.74) is 0. The van der Waals surface area contributed by atoms with Crippen LogP contribution in [-0.2, 0) is 0 Å². The second-order valence-electron chi connectivity index (χ2n) is 0.972. The van der Waals surface area contributed by atoms with E-state index in [1.54, 1.807) is 0 Å². The Labute approximate surface area is 41.9 Å². The van der Waals surface area contributed by atoms with Gasteiger partial charge in [0, 0.05) is 13.2 Å². The highest BCUT2D eigenvalue weighted by Gasteiger charge is 1.74. The standard InChI is InChI=1S/C4H7FN2/c1-3-6-4-7(2)5/h3-4H,1H2,2H3. The quantitative estimate of drug-likeness (QED) is 0.288. The molecule has 0 saturated heterocycles. The van der Waals surface area contributed by atoms with Crippen molar-refractivity contribution >= 4 is 6.34 Å². The Balaban J connectivity index is 3.25. The smallest absolute Gasteiger partial charge is 0.120 e. The summed E-state index contributed by atoms with van der Waals surface area (Å²) >= 11 is 0. The van der Waals surface area contributed by atoms with Crippen molar-refractivity contribution in [3.63, 3.8) is 0 Å². The Hall–Kier alpha value is -0.860. The van der Waals surface area contributed by atoms with E-state index in [2.05, 4.69) is 11.6 Å². The van der Waals surface area contributed by atoms with Crippen LogP contribution in [-0.4, -0.2) is 18.5 Å². The largest absolute Gasteiger partial charge is 0.245 e. The Morgan fingerprint density at radius 2 is 2.43 bits per heavy atom. The number of rotatable bonds is 2. The molecule has 0 spiro atoms. The lowest BCUT2D eigenvalue weighted by molar-refractivity contribution is 0.169. The zero-order valence-corrected chi connectivity index (χ0v) is 4.13. The van der Waals surface area contributed by atoms with Gasteiger partial charge < -0.3 is 0 Å². The van der Waals surface area contributed by atoms with Gasteiger partial charge in [-0.05, 0) is 0 Å². The fourth-order valence-electron chi connectivity index (χ4n) is 0.139. The van der Waals surface area contributed by atoms with E-state index < -0.39 is 0 Å². The summed E-state index contributed by atoms with van der Waals surface area (Å²) < 4.78 is 11.5. The lowest BCUT2D eigenvalue weighted by Gasteiger charge is -1.91. The SMILES string of the molecule is C=CN=CN(C)F. The highest BCUT2D eigenvalue weighted by Crippen LogP contribution is 1.73. The van der Waals surface area contributed by atoms with Crippen LogP contribution < -0.4 is 0 Å². The van der Waals surface area contributed by atoms with E-state index in [1.807, 2.05) is 0 Å². The highest BCUT2D eigenvalue weighted by molar-refractivity contribution is 5.53. The Kier molecular flexibility index (Phi) is 2.92. The summed E-state index contributed by atoms with van der Waals surface area (Å²) in [5.74, 6) is 0. The van der Waals surface area contributed by atoms with Crippen LogP contribution in [0.4, 0.5) is 4.48 Å². The fraction of sp³-hybridized carbons (Fsp3) is 0.250. The maximum atomic E-state index is 11.5. The second-order valence-corrected chi connectivity index (χ2v) is 0.972. The van der Waals surface area contributed by atoms with Crippen LogP contribution in [0.5, 0.6) is 0 Å². The van der Waals surface area contributed by atoms with Crippen LogP contribution in [0.25, 0.3) is 0 Å². The normalized spacial score (nSPS) is 9.43. The van der Waals surface area contributed by atoms with Gasteiger partial charge in [0.2, 0.25) is 0 Å². The van der Waals surface area contributed by atoms with E-state index in [-0.39, 0.29) is 0 Å². The predicted octanol–water partition coefficient (Wildman–Crippen LogP) is 0.975. The molecule has 0 radical (unpaired) electrons. The maximum absolute atomic E-state index is 11.5. The first-order chi connectivity index (χ1) is 3.27. The van der Waals surface area contributed by atoms with Crippen molar-refractivity contribution in [3.8, 4) is 0 Å². The van der Waals surface area contributed by atoms with Crippen molar-refractivity contribution in [3.05, 3.63) is 12.8 Å². The molecule has 0 aliphatic carbocycles. The Morgan fingerprint density at radius 3 is 2.57 bits per heavy atom. The van der Waals surface area contributed by atoms with Crippen LogP contribution in [0.1, 0.15) is 0 Å². The van der Waals surface area contributed by atoms with E-state index in [0.717, 1.165) is 6.34 Å². The minimum atomic E-state index is 0.349. The average Bonchev–Trinajstić information content (AvgIpc) is 1.61.